The van der Waals surface area contributed by atoms with Crippen LogP contribution in [0.25, 0.3) is 0 Å². The van der Waals surface area contributed by atoms with E-state index in [1.165, 1.54) is 4.31 Å². The van der Waals surface area contributed by atoms with Crippen molar-refractivity contribution in [3.05, 3.63) is 54.1 Å². The first-order valence-corrected chi connectivity index (χ1v) is 12.0. The van der Waals surface area contributed by atoms with E-state index in [1.54, 1.807) is 67.2 Å². The molecule has 1 N–H and O–H groups in total. The number of carbonyl (C=O) groups is 1. The van der Waals surface area contributed by atoms with Crippen LogP contribution in [0.2, 0.25) is 0 Å². The molecule has 0 aliphatic carbocycles. The third-order valence-electron chi connectivity index (χ3n) is 4.36. The maximum Gasteiger partial charge on any atom is 0.264 e. The third-order valence-corrected chi connectivity index (χ3v) is 7.02. The second-order valence-corrected chi connectivity index (χ2v) is 9.57. The topological polar surface area (TPSA) is 66.5 Å². The normalized spacial score (nSPS) is 11.5. The van der Waals surface area contributed by atoms with Crippen molar-refractivity contribution in [2.24, 2.45) is 5.92 Å². The Bertz CT molecular complexity index is 877. The van der Waals surface area contributed by atoms with Crippen LogP contribution in [0.15, 0.2) is 58.3 Å². The molecule has 0 saturated carbocycles. The van der Waals surface area contributed by atoms with Crippen molar-refractivity contribution in [3.63, 3.8) is 0 Å². The monoisotopic (exact) mass is 420 g/mol. The molecule has 2 aromatic carbocycles. The van der Waals surface area contributed by atoms with Crippen LogP contribution in [0.5, 0.6) is 0 Å². The minimum absolute atomic E-state index is 0.147. The molecule has 1 amide bonds. The number of benzene rings is 2. The van der Waals surface area contributed by atoms with Crippen LogP contribution in [0.4, 0.5) is 5.69 Å². The molecule has 7 heteroatoms. The van der Waals surface area contributed by atoms with Crippen LogP contribution >= 0.6 is 11.8 Å². The Morgan fingerprint density at radius 1 is 1.07 bits per heavy atom. The summed E-state index contributed by atoms with van der Waals surface area (Å²) in [5.41, 5.74) is 1.06. The molecule has 152 valence electrons. The number of amides is 1. The van der Waals surface area contributed by atoms with Gasteiger partial charge in [0.2, 0.25) is 0 Å². The molecular weight excluding hydrogens is 392 g/mol. The van der Waals surface area contributed by atoms with Crippen molar-refractivity contribution in [3.8, 4) is 0 Å². The number of nitrogens with zero attached hydrogens (tertiary/aromatic N) is 1. The van der Waals surface area contributed by atoms with Crippen molar-refractivity contribution in [2.75, 3.05) is 23.7 Å². The Kier molecular flexibility index (Phi) is 7.95. The summed E-state index contributed by atoms with van der Waals surface area (Å²) in [6.45, 7) is 6.93. The summed E-state index contributed by atoms with van der Waals surface area (Å²) in [6.07, 6.45) is 2.86. The molecule has 0 saturated heterocycles. The molecule has 5 nitrogen and oxygen atoms in total. The molecule has 0 unspecified atom stereocenters. The van der Waals surface area contributed by atoms with Crippen molar-refractivity contribution in [1.29, 1.82) is 0 Å². The molecule has 0 aliphatic rings. The molecular formula is C21H28N2O3S2. The second-order valence-electron chi connectivity index (χ2n) is 6.83. The van der Waals surface area contributed by atoms with Gasteiger partial charge in [0.05, 0.1) is 10.6 Å². The molecule has 0 atom stereocenters. The number of sulfonamides is 1. The van der Waals surface area contributed by atoms with Gasteiger partial charge in [0.15, 0.2) is 0 Å². The van der Waals surface area contributed by atoms with E-state index in [-0.39, 0.29) is 10.8 Å². The SMILES string of the molecule is CCN(c1ccc(C(=O)NCCC(C)C)cc1)S(=O)(=O)c1ccc(SC)cc1. The number of nitrogens with one attached hydrogen (secondary N) is 1. The minimum Gasteiger partial charge on any atom is -0.352 e. The van der Waals surface area contributed by atoms with E-state index in [2.05, 4.69) is 19.2 Å². The smallest absolute Gasteiger partial charge is 0.264 e. The largest absolute Gasteiger partial charge is 0.352 e. The fourth-order valence-corrected chi connectivity index (χ4v) is 4.60. The highest BCUT2D eigenvalue weighted by atomic mass is 32.2. The zero-order chi connectivity index (χ0) is 20.7. The summed E-state index contributed by atoms with van der Waals surface area (Å²) in [4.78, 5) is 13.5. The molecule has 0 bridgehead atoms. The van der Waals surface area contributed by atoms with Gasteiger partial charge in [-0.25, -0.2) is 8.42 Å². The highest BCUT2D eigenvalue weighted by Gasteiger charge is 2.23. The predicted molar refractivity (Wildman–Crippen MR) is 117 cm³/mol. The van der Waals surface area contributed by atoms with Crippen LogP contribution in [-0.4, -0.2) is 33.7 Å². The summed E-state index contributed by atoms with van der Waals surface area (Å²) in [5, 5.41) is 2.89. The van der Waals surface area contributed by atoms with E-state index in [0.717, 1.165) is 11.3 Å². The van der Waals surface area contributed by atoms with Gasteiger partial charge in [-0.3, -0.25) is 9.10 Å². The van der Waals surface area contributed by atoms with Crippen LogP contribution in [-0.2, 0) is 10.0 Å². The van der Waals surface area contributed by atoms with Gasteiger partial charge >= 0.3 is 0 Å². The zero-order valence-electron chi connectivity index (χ0n) is 16.8. The molecule has 0 radical (unpaired) electrons. The molecule has 2 rings (SSSR count). The predicted octanol–water partition coefficient (Wildman–Crippen LogP) is 4.40. The summed E-state index contributed by atoms with van der Waals surface area (Å²) in [6, 6.07) is 13.5. The van der Waals surface area contributed by atoms with Gasteiger partial charge in [0.25, 0.3) is 15.9 Å². The lowest BCUT2D eigenvalue weighted by molar-refractivity contribution is 0.0952. The average Bonchev–Trinajstić information content (AvgIpc) is 2.68. The van der Waals surface area contributed by atoms with E-state index >= 15 is 0 Å². The molecule has 2 aromatic rings. The lowest BCUT2D eigenvalue weighted by atomic mass is 10.1. The zero-order valence-corrected chi connectivity index (χ0v) is 18.4. The summed E-state index contributed by atoms with van der Waals surface area (Å²) in [5.74, 6) is 0.377. The standard InChI is InChI=1S/C21H28N2O3S2/c1-5-23(28(25,26)20-12-10-19(27-4)11-13-20)18-8-6-17(7-9-18)21(24)22-15-14-16(2)3/h6-13,16H,5,14-15H2,1-4H3,(H,22,24). The lowest BCUT2D eigenvalue weighted by Crippen LogP contribution is -2.31. The second kappa shape index (κ2) is 9.98. The van der Waals surface area contributed by atoms with Gasteiger partial charge in [-0.05, 0) is 74.0 Å². The summed E-state index contributed by atoms with van der Waals surface area (Å²) < 4.78 is 27.4. The number of rotatable bonds is 9. The van der Waals surface area contributed by atoms with E-state index < -0.39 is 10.0 Å². The number of carbonyl (C=O) groups excluding carboxylic acids is 1. The molecule has 0 aromatic heterocycles. The number of hydrogen-bond acceptors (Lipinski definition) is 4. The average molecular weight is 421 g/mol. The highest BCUT2D eigenvalue weighted by Crippen LogP contribution is 2.25. The fourth-order valence-electron chi connectivity index (χ4n) is 2.72. The quantitative estimate of drug-likeness (QED) is 0.611. The Morgan fingerprint density at radius 3 is 2.18 bits per heavy atom. The highest BCUT2D eigenvalue weighted by molar-refractivity contribution is 7.98. The van der Waals surface area contributed by atoms with Gasteiger partial charge in [0, 0.05) is 23.5 Å². The van der Waals surface area contributed by atoms with Crippen LogP contribution in [0, 0.1) is 5.92 Å². The van der Waals surface area contributed by atoms with E-state index in [4.69, 9.17) is 0 Å². The van der Waals surface area contributed by atoms with Crippen molar-refractivity contribution < 1.29 is 13.2 Å². The Balaban J connectivity index is 2.18. The molecule has 0 spiro atoms. The third kappa shape index (κ3) is 5.52. The molecule has 0 heterocycles. The molecule has 0 fully saturated rings. The Labute approximate surface area is 172 Å². The first-order valence-electron chi connectivity index (χ1n) is 9.34. The number of hydrogen-bond donors (Lipinski definition) is 1. The molecule has 28 heavy (non-hydrogen) atoms. The van der Waals surface area contributed by atoms with E-state index in [9.17, 15) is 13.2 Å². The summed E-state index contributed by atoms with van der Waals surface area (Å²) in [7, 11) is -3.66. The Hall–Kier alpha value is -1.99. The van der Waals surface area contributed by atoms with Gasteiger partial charge in [-0.15, -0.1) is 11.8 Å². The van der Waals surface area contributed by atoms with Crippen LogP contribution in [0.3, 0.4) is 0 Å². The van der Waals surface area contributed by atoms with Crippen molar-refractivity contribution >= 4 is 33.4 Å². The van der Waals surface area contributed by atoms with Crippen LogP contribution < -0.4 is 9.62 Å². The first kappa shape index (κ1) is 22.3. The van der Waals surface area contributed by atoms with Crippen molar-refractivity contribution in [2.45, 2.75) is 37.0 Å². The van der Waals surface area contributed by atoms with Gasteiger partial charge in [-0.2, -0.15) is 0 Å². The first-order chi connectivity index (χ1) is 13.3. The lowest BCUT2D eigenvalue weighted by Gasteiger charge is -2.23. The van der Waals surface area contributed by atoms with Crippen molar-refractivity contribution in [1.82, 2.24) is 5.32 Å². The number of thioether (sulfide) groups is 1. The van der Waals surface area contributed by atoms with E-state index in [1.807, 2.05) is 6.26 Å². The van der Waals surface area contributed by atoms with E-state index in [0.29, 0.717) is 30.3 Å². The van der Waals surface area contributed by atoms with Gasteiger partial charge in [0.1, 0.15) is 0 Å². The van der Waals surface area contributed by atoms with Crippen LogP contribution in [0.1, 0.15) is 37.6 Å². The fraction of sp³-hybridized carbons (Fsp3) is 0.381. The molecule has 0 aliphatic heterocycles. The summed E-state index contributed by atoms with van der Waals surface area (Å²) >= 11 is 1.56. The van der Waals surface area contributed by atoms with Gasteiger partial charge in [-0.1, -0.05) is 13.8 Å². The minimum atomic E-state index is -3.66. The maximum absolute atomic E-state index is 13.0. The Morgan fingerprint density at radius 2 is 1.68 bits per heavy atom. The number of anilines is 1. The van der Waals surface area contributed by atoms with Gasteiger partial charge < -0.3 is 5.32 Å². The maximum atomic E-state index is 13.0.